The minimum atomic E-state index is -3.86. The van der Waals surface area contributed by atoms with Crippen molar-refractivity contribution in [2.45, 2.75) is 24.6 Å². The van der Waals surface area contributed by atoms with Crippen molar-refractivity contribution in [3.05, 3.63) is 58.6 Å². The Morgan fingerprint density at radius 3 is 2.50 bits per heavy atom. The molecule has 1 atom stereocenters. The zero-order valence-corrected chi connectivity index (χ0v) is 19.2. The molecular weight excluding hydrogens is 458 g/mol. The topological polar surface area (TPSA) is 114 Å². The van der Waals surface area contributed by atoms with Gasteiger partial charge in [-0.05, 0) is 48.4 Å². The van der Waals surface area contributed by atoms with Crippen LogP contribution in [0.3, 0.4) is 0 Å². The van der Waals surface area contributed by atoms with Crippen LogP contribution in [0, 0.1) is 6.92 Å². The number of carbonyl (C=O) groups is 2. The first-order valence-corrected chi connectivity index (χ1v) is 11.6. The van der Waals surface area contributed by atoms with E-state index in [4.69, 9.17) is 21.1 Å². The number of sulfonamides is 1. The molecule has 1 saturated heterocycles. The lowest BCUT2D eigenvalue weighted by Crippen LogP contribution is -2.47. The fourth-order valence-electron chi connectivity index (χ4n) is 3.21. The maximum Gasteiger partial charge on any atom is 0.309 e. The summed E-state index contributed by atoms with van der Waals surface area (Å²) in [7, 11) is -2.35. The fourth-order valence-corrected chi connectivity index (χ4v) is 4.94. The van der Waals surface area contributed by atoms with Gasteiger partial charge in [0.1, 0.15) is 12.0 Å². The number of amides is 2. The standard InChI is InChI=1S/C21H24ClN3O6S/c1-14-11-17(7-8-18(14)30-2)32(28,29)25-9-10-31-19(25)13-24-21(27)20(26)23-12-15-3-5-16(22)6-4-15/h3-8,11,19H,9-10,12-13H2,1-2H3,(H,23,26)(H,24,27). The van der Waals surface area contributed by atoms with Crippen molar-refractivity contribution in [2.24, 2.45) is 0 Å². The van der Waals surface area contributed by atoms with Crippen molar-refractivity contribution in [2.75, 3.05) is 26.8 Å². The van der Waals surface area contributed by atoms with E-state index in [0.29, 0.717) is 16.3 Å². The lowest BCUT2D eigenvalue weighted by molar-refractivity contribution is -0.139. The zero-order valence-electron chi connectivity index (χ0n) is 17.6. The van der Waals surface area contributed by atoms with Crippen LogP contribution in [0.5, 0.6) is 5.75 Å². The molecule has 32 heavy (non-hydrogen) atoms. The molecule has 0 spiro atoms. The second kappa shape index (κ2) is 10.3. The van der Waals surface area contributed by atoms with Gasteiger partial charge < -0.3 is 20.1 Å². The van der Waals surface area contributed by atoms with E-state index in [2.05, 4.69) is 10.6 Å². The molecule has 3 rings (SSSR count). The van der Waals surface area contributed by atoms with Crippen LogP contribution < -0.4 is 15.4 Å². The summed E-state index contributed by atoms with van der Waals surface area (Å²) in [5, 5.41) is 5.50. The van der Waals surface area contributed by atoms with E-state index in [0.717, 1.165) is 5.56 Å². The normalized spacial score (nSPS) is 16.5. The Labute approximate surface area is 191 Å². The number of rotatable bonds is 7. The third-order valence-electron chi connectivity index (χ3n) is 4.93. The minimum Gasteiger partial charge on any atom is -0.496 e. The Balaban J connectivity index is 1.58. The molecular formula is C21H24ClN3O6S. The number of nitrogens with zero attached hydrogens (tertiary/aromatic N) is 1. The van der Waals surface area contributed by atoms with Crippen LogP contribution in [0.1, 0.15) is 11.1 Å². The molecule has 2 aromatic carbocycles. The third-order valence-corrected chi connectivity index (χ3v) is 7.06. The lowest BCUT2D eigenvalue weighted by atomic mass is 10.2. The van der Waals surface area contributed by atoms with Crippen molar-refractivity contribution >= 4 is 33.4 Å². The Kier molecular flexibility index (Phi) is 7.73. The van der Waals surface area contributed by atoms with Gasteiger partial charge in [0.2, 0.25) is 10.0 Å². The average Bonchev–Trinajstić information content (AvgIpc) is 3.26. The van der Waals surface area contributed by atoms with Crippen LogP contribution >= 0.6 is 11.6 Å². The third kappa shape index (κ3) is 5.57. The van der Waals surface area contributed by atoms with Crippen LogP contribution in [0.15, 0.2) is 47.4 Å². The van der Waals surface area contributed by atoms with Gasteiger partial charge in [-0.3, -0.25) is 9.59 Å². The first-order valence-electron chi connectivity index (χ1n) is 9.81. The maximum absolute atomic E-state index is 13.1. The van der Waals surface area contributed by atoms with E-state index in [1.807, 2.05) is 0 Å². The zero-order chi connectivity index (χ0) is 23.3. The molecule has 1 heterocycles. The summed E-state index contributed by atoms with van der Waals surface area (Å²) >= 11 is 5.82. The summed E-state index contributed by atoms with van der Waals surface area (Å²) in [6, 6.07) is 11.4. The number of ether oxygens (including phenoxy) is 2. The van der Waals surface area contributed by atoms with Gasteiger partial charge in [0.25, 0.3) is 0 Å². The van der Waals surface area contributed by atoms with Crippen LogP contribution in [-0.4, -0.2) is 57.6 Å². The molecule has 1 aliphatic heterocycles. The summed E-state index contributed by atoms with van der Waals surface area (Å²) in [5.74, 6) is -1.14. The number of carbonyl (C=O) groups excluding carboxylic acids is 2. The summed E-state index contributed by atoms with van der Waals surface area (Å²) in [4.78, 5) is 24.3. The van der Waals surface area contributed by atoms with Gasteiger partial charge >= 0.3 is 11.8 Å². The molecule has 2 N–H and O–H groups in total. The highest BCUT2D eigenvalue weighted by Crippen LogP contribution is 2.26. The predicted molar refractivity (Wildman–Crippen MR) is 118 cm³/mol. The summed E-state index contributed by atoms with van der Waals surface area (Å²) < 4.78 is 37.9. The molecule has 9 nitrogen and oxygen atoms in total. The van der Waals surface area contributed by atoms with Crippen molar-refractivity contribution in [3.8, 4) is 5.75 Å². The van der Waals surface area contributed by atoms with Gasteiger partial charge in [-0.25, -0.2) is 8.42 Å². The lowest BCUT2D eigenvalue weighted by Gasteiger charge is -2.23. The van der Waals surface area contributed by atoms with E-state index < -0.39 is 28.1 Å². The van der Waals surface area contributed by atoms with Crippen molar-refractivity contribution in [1.82, 2.24) is 14.9 Å². The number of methoxy groups -OCH3 is 1. The number of hydrogen-bond acceptors (Lipinski definition) is 6. The highest BCUT2D eigenvalue weighted by Gasteiger charge is 2.37. The molecule has 0 saturated carbocycles. The number of benzene rings is 2. The van der Waals surface area contributed by atoms with E-state index in [1.54, 1.807) is 37.3 Å². The Hall–Kier alpha value is -2.66. The van der Waals surface area contributed by atoms with Crippen molar-refractivity contribution in [3.63, 3.8) is 0 Å². The Bertz CT molecular complexity index is 1090. The summed E-state index contributed by atoms with van der Waals surface area (Å²) in [6.07, 6.45) is -0.921. The maximum atomic E-state index is 13.1. The van der Waals surface area contributed by atoms with Crippen molar-refractivity contribution in [1.29, 1.82) is 0 Å². The van der Waals surface area contributed by atoms with Gasteiger partial charge in [-0.1, -0.05) is 23.7 Å². The van der Waals surface area contributed by atoms with Crippen molar-refractivity contribution < 1.29 is 27.5 Å². The molecule has 0 radical (unpaired) electrons. The van der Waals surface area contributed by atoms with Crippen LogP contribution in [-0.2, 0) is 30.9 Å². The van der Waals surface area contributed by atoms with E-state index in [1.165, 1.54) is 23.5 Å². The molecule has 0 bridgehead atoms. The first-order chi connectivity index (χ1) is 15.2. The fraction of sp³-hybridized carbons (Fsp3) is 0.333. The molecule has 0 aromatic heterocycles. The molecule has 172 valence electrons. The number of halogens is 1. The van der Waals surface area contributed by atoms with Crippen LogP contribution in [0.4, 0.5) is 0 Å². The number of aryl methyl sites for hydroxylation is 1. The highest BCUT2D eigenvalue weighted by molar-refractivity contribution is 7.89. The van der Waals surface area contributed by atoms with Gasteiger partial charge in [0, 0.05) is 18.1 Å². The highest BCUT2D eigenvalue weighted by atomic mass is 35.5. The smallest absolute Gasteiger partial charge is 0.309 e. The largest absolute Gasteiger partial charge is 0.496 e. The second-order valence-electron chi connectivity index (χ2n) is 7.09. The Morgan fingerprint density at radius 2 is 1.84 bits per heavy atom. The van der Waals surface area contributed by atoms with Crippen LogP contribution in [0.25, 0.3) is 0 Å². The molecule has 2 amide bonds. The van der Waals surface area contributed by atoms with E-state index >= 15 is 0 Å². The van der Waals surface area contributed by atoms with Crippen LogP contribution in [0.2, 0.25) is 5.02 Å². The Morgan fingerprint density at radius 1 is 1.16 bits per heavy atom. The predicted octanol–water partition coefficient (Wildman–Crippen LogP) is 1.44. The van der Waals surface area contributed by atoms with Gasteiger partial charge in [-0.2, -0.15) is 4.31 Å². The monoisotopic (exact) mass is 481 g/mol. The quantitative estimate of drug-likeness (QED) is 0.578. The summed E-state index contributed by atoms with van der Waals surface area (Å²) in [6.45, 7) is 2.05. The van der Waals surface area contributed by atoms with E-state index in [-0.39, 0.29) is 31.1 Å². The molecule has 1 unspecified atom stereocenters. The summed E-state index contributed by atoms with van der Waals surface area (Å²) in [5.41, 5.74) is 1.46. The average molecular weight is 482 g/mol. The minimum absolute atomic E-state index is 0.0957. The molecule has 0 aliphatic carbocycles. The van der Waals surface area contributed by atoms with Gasteiger partial charge in [0.05, 0.1) is 25.2 Å². The SMILES string of the molecule is COc1ccc(S(=O)(=O)N2CCOC2CNC(=O)C(=O)NCc2ccc(Cl)cc2)cc1C. The second-order valence-corrected chi connectivity index (χ2v) is 9.42. The molecule has 1 aliphatic rings. The number of hydrogen-bond donors (Lipinski definition) is 2. The van der Waals surface area contributed by atoms with Gasteiger partial charge in [-0.15, -0.1) is 0 Å². The number of nitrogens with one attached hydrogen (secondary N) is 2. The van der Waals surface area contributed by atoms with E-state index in [9.17, 15) is 18.0 Å². The molecule has 2 aromatic rings. The molecule has 11 heteroatoms. The first kappa shape index (κ1) is 24.0. The molecule has 1 fully saturated rings. The van der Waals surface area contributed by atoms with Gasteiger partial charge in [0.15, 0.2) is 0 Å².